The molecule has 0 bridgehead atoms. The van der Waals surface area contributed by atoms with Gasteiger partial charge < -0.3 is 10.0 Å². The third kappa shape index (κ3) is 3.18. The lowest BCUT2D eigenvalue weighted by atomic mass is 10.0. The quantitative estimate of drug-likeness (QED) is 0.875. The highest BCUT2D eigenvalue weighted by atomic mass is 16.3. The van der Waals surface area contributed by atoms with E-state index in [4.69, 9.17) is 0 Å². The fourth-order valence-electron chi connectivity index (χ4n) is 3.19. The predicted molar refractivity (Wildman–Crippen MR) is 89.1 cm³/mol. The normalized spacial score (nSPS) is 17.2. The van der Waals surface area contributed by atoms with Crippen LogP contribution in [0.3, 0.4) is 0 Å². The first-order chi connectivity index (χ1) is 11.5. The number of aromatic nitrogens is 2. The molecule has 2 heterocycles. The van der Waals surface area contributed by atoms with Gasteiger partial charge in [-0.25, -0.2) is 0 Å². The summed E-state index contributed by atoms with van der Waals surface area (Å²) < 4.78 is 1.59. The van der Waals surface area contributed by atoms with E-state index in [1.54, 1.807) is 41.2 Å². The Balaban J connectivity index is 1.76. The molecule has 1 aromatic heterocycles. The number of carbonyl (C=O) groups excluding carboxylic acids is 2. The minimum absolute atomic E-state index is 0.0127. The maximum absolute atomic E-state index is 12.8. The molecule has 1 saturated heterocycles. The van der Waals surface area contributed by atoms with Crippen molar-refractivity contribution in [2.45, 2.75) is 32.2 Å². The summed E-state index contributed by atoms with van der Waals surface area (Å²) in [6.07, 6.45) is 5.18. The van der Waals surface area contributed by atoms with Gasteiger partial charge in [-0.3, -0.25) is 14.3 Å². The van der Waals surface area contributed by atoms with Gasteiger partial charge in [0.25, 0.3) is 5.91 Å². The lowest BCUT2D eigenvalue weighted by Crippen LogP contribution is -2.36. The highest BCUT2D eigenvalue weighted by Crippen LogP contribution is 2.27. The molecule has 6 heteroatoms. The van der Waals surface area contributed by atoms with Crippen LogP contribution in [0.15, 0.2) is 30.6 Å². The SMILES string of the molecule is Cc1ccc(O)c(C(=O)N2CCCC2CC(=O)c2cnn(C)c2)c1. The van der Waals surface area contributed by atoms with Crippen LogP contribution in [0, 0.1) is 6.92 Å². The molecular formula is C18H21N3O3. The van der Waals surface area contributed by atoms with Crippen molar-refractivity contribution in [2.24, 2.45) is 7.05 Å². The van der Waals surface area contributed by atoms with Crippen LogP contribution >= 0.6 is 0 Å². The fourth-order valence-corrected chi connectivity index (χ4v) is 3.19. The summed E-state index contributed by atoms with van der Waals surface area (Å²) >= 11 is 0. The van der Waals surface area contributed by atoms with Crippen molar-refractivity contribution in [3.63, 3.8) is 0 Å². The van der Waals surface area contributed by atoms with E-state index in [1.165, 1.54) is 6.07 Å². The van der Waals surface area contributed by atoms with Gasteiger partial charge in [0.15, 0.2) is 5.78 Å². The van der Waals surface area contributed by atoms with Crippen LogP contribution in [-0.4, -0.2) is 44.1 Å². The number of rotatable bonds is 4. The van der Waals surface area contributed by atoms with E-state index in [9.17, 15) is 14.7 Å². The summed E-state index contributed by atoms with van der Waals surface area (Å²) in [6, 6.07) is 4.86. The minimum atomic E-state index is -0.210. The number of phenolic OH excluding ortho intramolecular Hbond substituents is 1. The first-order valence-corrected chi connectivity index (χ1v) is 8.08. The molecule has 1 amide bonds. The maximum Gasteiger partial charge on any atom is 0.257 e. The van der Waals surface area contributed by atoms with Crippen LogP contribution in [-0.2, 0) is 7.05 Å². The number of hydrogen-bond acceptors (Lipinski definition) is 4. The second kappa shape index (κ2) is 6.47. The van der Waals surface area contributed by atoms with E-state index in [1.807, 2.05) is 6.92 Å². The minimum Gasteiger partial charge on any atom is -0.507 e. The van der Waals surface area contributed by atoms with Crippen LogP contribution in [0.2, 0.25) is 0 Å². The van der Waals surface area contributed by atoms with Crippen LogP contribution in [0.4, 0.5) is 0 Å². The van der Waals surface area contributed by atoms with Crippen molar-refractivity contribution in [1.29, 1.82) is 0 Å². The van der Waals surface area contributed by atoms with Crippen LogP contribution in [0.1, 0.15) is 45.5 Å². The largest absolute Gasteiger partial charge is 0.507 e. The lowest BCUT2D eigenvalue weighted by Gasteiger charge is -2.24. The Hall–Kier alpha value is -2.63. The average Bonchev–Trinajstić information content (AvgIpc) is 3.18. The van der Waals surface area contributed by atoms with Gasteiger partial charge >= 0.3 is 0 Å². The molecule has 6 nitrogen and oxygen atoms in total. The first kappa shape index (κ1) is 16.2. The smallest absolute Gasteiger partial charge is 0.257 e. The number of amides is 1. The number of likely N-dealkylation sites (tertiary alicyclic amines) is 1. The zero-order valence-electron chi connectivity index (χ0n) is 13.9. The monoisotopic (exact) mass is 327 g/mol. The van der Waals surface area contributed by atoms with Crippen LogP contribution in [0.25, 0.3) is 0 Å². The van der Waals surface area contributed by atoms with Gasteiger partial charge in [-0.15, -0.1) is 0 Å². The summed E-state index contributed by atoms with van der Waals surface area (Å²) in [5, 5.41) is 14.0. The summed E-state index contributed by atoms with van der Waals surface area (Å²) in [5.74, 6) is -0.242. The van der Waals surface area contributed by atoms with Crippen LogP contribution in [0.5, 0.6) is 5.75 Å². The lowest BCUT2D eigenvalue weighted by molar-refractivity contribution is 0.0714. The Kier molecular flexibility index (Phi) is 4.38. The van der Waals surface area contributed by atoms with Crippen molar-refractivity contribution in [2.75, 3.05) is 6.54 Å². The van der Waals surface area contributed by atoms with E-state index in [-0.39, 0.29) is 29.9 Å². The van der Waals surface area contributed by atoms with Gasteiger partial charge in [-0.05, 0) is 31.9 Å². The number of ketones is 1. The van der Waals surface area contributed by atoms with Gasteiger partial charge in [0.2, 0.25) is 0 Å². The van der Waals surface area contributed by atoms with E-state index in [2.05, 4.69) is 5.10 Å². The Morgan fingerprint density at radius 3 is 2.88 bits per heavy atom. The third-order valence-electron chi connectivity index (χ3n) is 4.47. The molecule has 1 aliphatic heterocycles. The molecular weight excluding hydrogens is 306 g/mol. The summed E-state index contributed by atoms with van der Waals surface area (Å²) in [4.78, 5) is 26.9. The van der Waals surface area contributed by atoms with Gasteiger partial charge in [0.1, 0.15) is 5.75 Å². The summed E-state index contributed by atoms with van der Waals surface area (Å²) in [5.41, 5.74) is 1.78. The van der Waals surface area contributed by atoms with Gasteiger partial charge in [0, 0.05) is 32.3 Å². The number of aryl methyl sites for hydroxylation is 2. The molecule has 0 spiro atoms. The van der Waals surface area contributed by atoms with Gasteiger partial charge in [-0.2, -0.15) is 5.10 Å². The molecule has 2 aromatic rings. The van der Waals surface area contributed by atoms with Crippen LogP contribution < -0.4 is 0 Å². The molecule has 1 fully saturated rings. The standard InChI is InChI=1S/C18H21N3O3/c1-12-5-6-16(22)15(8-12)18(24)21-7-3-4-14(21)9-17(23)13-10-19-20(2)11-13/h5-6,8,10-11,14,22H,3-4,7,9H2,1-2H3. The second-order valence-electron chi connectivity index (χ2n) is 6.35. The number of Topliss-reactive ketones (excluding diaryl/α,β-unsaturated/α-hetero) is 1. The zero-order chi connectivity index (χ0) is 17.3. The molecule has 3 rings (SSSR count). The molecule has 1 aromatic carbocycles. The summed E-state index contributed by atoms with van der Waals surface area (Å²) in [7, 11) is 1.77. The molecule has 1 aliphatic rings. The Morgan fingerprint density at radius 2 is 2.17 bits per heavy atom. The first-order valence-electron chi connectivity index (χ1n) is 8.08. The Labute approximate surface area is 140 Å². The highest BCUT2D eigenvalue weighted by molar-refractivity contribution is 5.99. The number of phenols is 1. The van der Waals surface area contributed by atoms with Crippen molar-refractivity contribution in [1.82, 2.24) is 14.7 Å². The predicted octanol–water partition coefficient (Wildman–Crippen LogP) is 2.31. The number of benzene rings is 1. The summed E-state index contributed by atoms with van der Waals surface area (Å²) in [6.45, 7) is 2.49. The highest BCUT2D eigenvalue weighted by Gasteiger charge is 2.32. The fraction of sp³-hybridized carbons (Fsp3) is 0.389. The number of carbonyl (C=O) groups is 2. The molecule has 126 valence electrons. The average molecular weight is 327 g/mol. The van der Waals surface area contributed by atoms with Gasteiger partial charge in [-0.1, -0.05) is 11.6 Å². The number of hydrogen-bond donors (Lipinski definition) is 1. The Bertz CT molecular complexity index is 782. The van der Waals surface area contributed by atoms with E-state index >= 15 is 0 Å². The molecule has 1 atom stereocenters. The molecule has 0 saturated carbocycles. The molecule has 1 N–H and O–H groups in total. The van der Waals surface area contributed by atoms with Gasteiger partial charge in [0.05, 0.1) is 17.3 Å². The van der Waals surface area contributed by atoms with Crippen molar-refractivity contribution in [3.05, 3.63) is 47.3 Å². The van der Waals surface area contributed by atoms with E-state index in [0.717, 1.165) is 18.4 Å². The number of nitrogens with zero attached hydrogens (tertiary/aromatic N) is 3. The number of aromatic hydroxyl groups is 1. The van der Waals surface area contributed by atoms with E-state index < -0.39 is 0 Å². The Morgan fingerprint density at radius 1 is 1.38 bits per heavy atom. The van der Waals surface area contributed by atoms with Crippen molar-refractivity contribution >= 4 is 11.7 Å². The molecule has 0 radical (unpaired) electrons. The zero-order valence-corrected chi connectivity index (χ0v) is 13.9. The van der Waals surface area contributed by atoms with Crippen molar-refractivity contribution in [3.8, 4) is 5.75 Å². The second-order valence-corrected chi connectivity index (χ2v) is 6.35. The van der Waals surface area contributed by atoms with Crippen molar-refractivity contribution < 1.29 is 14.7 Å². The molecule has 24 heavy (non-hydrogen) atoms. The maximum atomic E-state index is 12.8. The molecule has 0 aliphatic carbocycles. The molecule has 1 unspecified atom stereocenters. The van der Waals surface area contributed by atoms with E-state index in [0.29, 0.717) is 17.7 Å². The third-order valence-corrected chi connectivity index (χ3v) is 4.47. The topological polar surface area (TPSA) is 75.4 Å².